The Labute approximate surface area is 118 Å². The lowest BCUT2D eigenvalue weighted by Gasteiger charge is -2.10. The zero-order valence-electron chi connectivity index (χ0n) is 10.2. The number of halogens is 2. The molecule has 1 nitrogen and oxygen atoms in total. The van der Waals surface area contributed by atoms with E-state index in [9.17, 15) is 0 Å². The van der Waals surface area contributed by atoms with Gasteiger partial charge in [0.15, 0.2) is 0 Å². The number of rotatable bonds is 3. The zero-order valence-corrected chi connectivity index (χ0v) is 11.7. The Bertz CT molecular complexity index is 518. The van der Waals surface area contributed by atoms with Crippen molar-refractivity contribution in [3.05, 3.63) is 57.6 Å². The highest BCUT2D eigenvalue weighted by Crippen LogP contribution is 2.21. The molecule has 0 atom stereocenters. The second kappa shape index (κ2) is 5.68. The Balaban J connectivity index is 2.11. The third-order valence-electron chi connectivity index (χ3n) is 2.68. The third kappa shape index (κ3) is 3.21. The molecule has 0 aliphatic heterocycles. The van der Waals surface area contributed by atoms with Gasteiger partial charge in [-0.3, -0.25) is 0 Å². The summed E-state index contributed by atoms with van der Waals surface area (Å²) >= 11 is 11.8. The molecule has 0 N–H and O–H groups in total. The van der Waals surface area contributed by atoms with E-state index in [1.807, 2.05) is 50.2 Å². The van der Waals surface area contributed by atoms with Crippen LogP contribution in [0.5, 0.6) is 5.75 Å². The predicted molar refractivity (Wildman–Crippen MR) is 78.4 cm³/mol. The molecular formula is C14H12BCl2O. The van der Waals surface area contributed by atoms with Gasteiger partial charge in [-0.15, -0.1) is 0 Å². The third-order valence-corrected chi connectivity index (χ3v) is 3.15. The first-order valence-electron chi connectivity index (χ1n) is 5.58. The molecule has 0 fully saturated rings. The van der Waals surface area contributed by atoms with Crippen LogP contribution in [0.4, 0.5) is 0 Å². The average Bonchev–Trinajstić information content (AvgIpc) is 2.30. The van der Waals surface area contributed by atoms with Gasteiger partial charge in [-0.25, -0.2) is 0 Å². The Morgan fingerprint density at radius 1 is 0.889 bits per heavy atom. The van der Waals surface area contributed by atoms with Crippen LogP contribution in [0.1, 0.15) is 11.1 Å². The number of benzene rings is 2. The fourth-order valence-electron chi connectivity index (χ4n) is 1.64. The van der Waals surface area contributed by atoms with Crippen molar-refractivity contribution in [3.8, 4) is 5.75 Å². The minimum Gasteiger partial charge on any atom is -0.557 e. The van der Waals surface area contributed by atoms with Crippen molar-refractivity contribution in [1.82, 2.24) is 0 Å². The lowest BCUT2D eigenvalue weighted by atomic mass is 9.84. The second-order valence-corrected chi connectivity index (χ2v) is 5.02. The van der Waals surface area contributed by atoms with Crippen molar-refractivity contribution in [2.45, 2.75) is 13.8 Å². The lowest BCUT2D eigenvalue weighted by Crippen LogP contribution is -2.23. The summed E-state index contributed by atoms with van der Waals surface area (Å²) in [7, 11) is 1.72. The first kappa shape index (κ1) is 13.3. The van der Waals surface area contributed by atoms with E-state index in [0.717, 1.165) is 27.4 Å². The molecule has 0 amide bonds. The zero-order chi connectivity index (χ0) is 13.1. The summed E-state index contributed by atoms with van der Waals surface area (Å²) < 4.78 is 5.67. The van der Waals surface area contributed by atoms with Crippen LogP contribution in [0.3, 0.4) is 0 Å². The molecule has 2 aromatic carbocycles. The SMILES string of the molecule is Cc1cc(Cl)ccc1[B]Oc1ccc(Cl)cc1C. The van der Waals surface area contributed by atoms with Gasteiger partial charge in [0, 0.05) is 10.0 Å². The van der Waals surface area contributed by atoms with E-state index in [0.29, 0.717) is 5.02 Å². The molecule has 0 aliphatic carbocycles. The van der Waals surface area contributed by atoms with E-state index in [1.165, 1.54) is 0 Å². The Hall–Kier alpha value is -1.12. The maximum absolute atomic E-state index is 5.91. The van der Waals surface area contributed by atoms with Crippen molar-refractivity contribution in [2.24, 2.45) is 0 Å². The first-order valence-corrected chi connectivity index (χ1v) is 6.34. The summed E-state index contributed by atoms with van der Waals surface area (Å²) in [5, 5.41) is 1.44. The molecule has 2 aromatic rings. The van der Waals surface area contributed by atoms with Crippen LogP contribution < -0.4 is 10.1 Å². The van der Waals surface area contributed by atoms with Crippen LogP contribution in [0.15, 0.2) is 36.4 Å². The summed E-state index contributed by atoms with van der Waals surface area (Å²) in [6.07, 6.45) is 0. The van der Waals surface area contributed by atoms with Gasteiger partial charge in [0.25, 0.3) is 0 Å². The van der Waals surface area contributed by atoms with E-state index in [1.54, 1.807) is 7.48 Å². The lowest BCUT2D eigenvalue weighted by molar-refractivity contribution is 0.599. The van der Waals surface area contributed by atoms with Crippen molar-refractivity contribution in [3.63, 3.8) is 0 Å². The minimum atomic E-state index is 0.711. The highest BCUT2D eigenvalue weighted by Gasteiger charge is 2.06. The smallest absolute Gasteiger partial charge is 0.409 e. The first-order chi connectivity index (χ1) is 8.56. The maximum atomic E-state index is 5.91. The molecule has 2 rings (SSSR count). The van der Waals surface area contributed by atoms with Gasteiger partial charge in [0.1, 0.15) is 5.75 Å². The second-order valence-electron chi connectivity index (χ2n) is 4.15. The van der Waals surface area contributed by atoms with Gasteiger partial charge in [-0.1, -0.05) is 34.8 Å². The molecule has 0 saturated heterocycles. The van der Waals surface area contributed by atoms with E-state index < -0.39 is 0 Å². The molecule has 0 aliphatic rings. The summed E-state index contributed by atoms with van der Waals surface area (Å²) in [5.41, 5.74) is 3.09. The van der Waals surface area contributed by atoms with E-state index in [4.69, 9.17) is 27.9 Å². The van der Waals surface area contributed by atoms with Gasteiger partial charge in [0.2, 0.25) is 0 Å². The fraction of sp³-hybridized carbons (Fsp3) is 0.143. The normalized spacial score (nSPS) is 10.2. The highest BCUT2D eigenvalue weighted by molar-refractivity contribution is 6.48. The highest BCUT2D eigenvalue weighted by atomic mass is 35.5. The molecule has 0 aromatic heterocycles. The van der Waals surface area contributed by atoms with Gasteiger partial charge in [-0.05, 0) is 55.2 Å². The summed E-state index contributed by atoms with van der Waals surface area (Å²) in [5.74, 6) is 0.800. The van der Waals surface area contributed by atoms with Gasteiger partial charge in [0.05, 0.1) is 0 Å². The summed E-state index contributed by atoms with van der Waals surface area (Å²) in [6, 6.07) is 11.2. The van der Waals surface area contributed by atoms with Crippen LogP contribution >= 0.6 is 23.2 Å². The van der Waals surface area contributed by atoms with E-state index in [-0.39, 0.29) is 0 Å². The van der Waals surface area contributed by atoms with Crippen molar-refractivity contribution in [1.29, 1.82) is 0 Å². The number of hydrogen-bond acceptors (Lipinski definition) is 1. The number of aryl methyl sites for hydroxylation is 2. The maximum Gasteiger partial charge on any atom is 0.409 e. The Morgan fingerprint density at radius 2 is 1.50 bits per heavy atom. The van der Waals surface area contributed by atoms with Crippen molar-refractivity contribution in [2.75, 3.05) is 0 Å². The van der Waals surface area contributed by atoms with Crippen molar-refractivity contribution >= 4 is 36.1 Å². The number of hydrogen-bond donors (Lipinski definition) is 0. The molecule has 0 heterocycles. The molecule has 91 valence electrons. The molecule has 18 heavy (non-hydrogen) atoms. The minimum absolute atomic E-state index is 0.711. The van der Waals surface area contributed by atoms with Gasteiger partial charge >= 0.3 is 7.48 Å². The van der Waals surface area contributed by atoms with Crippen LogP contribution in [-0.2, 0) is 0 Å². The monoisotopic (exact) mass is 277 g/mol. The largest absolute Gasteiger partial charge is 0.557 e. The summed E-state index contributed by atoms with van der Waals surface area (Å²) in [4.78, 5) is 0. The summed E-state index contributed by atoms with van der Waals surface area (Å²) in [6.45, 7) is 3.96. The topological polar surface area (TPSA) is 9.23 Å². The molecule has 0 bridgehead atoms. The fourth-order valence-corrected chi connectivity index (χ4v) is 2.10. The predicted octanol–water partition coefficient (Wildman–Crippen LogP) is 3.93. The van der Waals surface area contributed by atoms with Gasteiger partial charge in [-0.2, -0.15) is 0 Å². The molecule has 4 heteroatoms. The van der Waals surface area contributed by atoms with Crippen LogP contribution in [-0.4, -0.2) is 7.48 Å². The molecule has 0 saturated carbocycles. The average molecular weight is 278 g/mol. The van der Waals surface area contributed by atoms with E-state index >= 15 is 0 Å². The quantitative estimate of drug-likeness (QED) is 0.773. The standard InChI is InChI=1S/C14H12BCl2O/c1-9-7-11(16)3-5-13(9)15-18-14-6-4-12(17)8-10(14)2/h3-8H,1-2H3. The molecule has 1 radical (unpaired) electrons. The molecular weight excluding hydrogens is 266 g/mol. The Morgan fingerprint density at radius 3 is 2.11 bits per heavy atom. The van der Waals surface area contributed by atoms with Crippen LogP contribution in [0.25, 0.3) is 0 Å². The van der Waals surface area contributed by atoms with Crippen LogP contribution in [0, 0.1) is 13.8 Å². The van der Waals surface area contributed by atoms with Crippen LogP contribution in [0.2, 0.25) is 10.0 Å². The van der Waals surface area contributed by atoms with Crippen molar-refractivity contribution < 1.29 is 4.65 Å². The molecule has 0 spiro atoms. The van der Waals surface area contributed by atoms with E-state index in [2.05, 4.69) is 0 Å². The molecule has 0 unspecified atom stereocenters. The Kier molecular flexibility index (Phi) is 4.21. The van der Waals surface area contributed by atoms with Gasteiger partial charge < -0.3 is 4.65 Å².